The van der Waals surface area contributed by atoms with Crippen LogP contribution in [0.5, 0.6) is 5.75 Å². The number of carbonyl (C=O) groups excluding carboxylic acids is 3. The number of para-hydroxylation sites is 1. The second-order valence-corrected chi connectivity index (χ2v) is 6.23. The third-order valence-electron chi connectivity index (χ3n) is 4.82. The number of carbonyl (C=O) groups is 3. The predicted molar refractivity (Wildman–Crippen MR) is 89.0 cm³/mol. The number of nitrogens with one attached hydrogen (secondary N) is 1. The summed E-state index contributed by atoms with van der Waals surface area (Å²) in [6, 6.07) is 7.45. The van der Waals surface area contributed by atoms with Crippen molar-refractivity contribution in [2.45, 2.75) is 45.2 Å². The number of ether oxygens (including phenoxy) is 1. The van der Waals surface area contributed by atoms with Crippen LogP contribution >= 0.6 is 0 Å². The van der Waals surface area contributed by atoms with Crippen molar-refractivity contribution >= 4 is 18.2 Å². The number of quaternary nitrogens is 1. The maximum Gasteiger partial charge on any atom is 0.321 e. The highest BCUT2D eigenvalue weighted by Gasteiger charge is 2.45. The van der Waals surface area contributed by atoms with E-state index in [9.17, 15) is 14.4 Å². The smallest absolute Gasteiger partial charge is 0.321 e. The van der Waals surface area contributed by atoms with Gasteiger partial charge in [0.05, 0.1) is 20.1 Å². The van der Waals surface area contributed by atoms with Gasteiger partial charge in [-0.15, -0.1) is 0 Å². The Hall–Kier alpha value is -2.21. The molecule has 0 saturated carbocycles. The molecule has 2 atom stereocenters. The van der Waals surface area contributed by atoms with E-state index in [1.54, 1.807) is 7.11 Å². The van der Waals surface area contributed by atoms with Crippen molar-refractivity contribution in [3.8, 4) is 5.75 Å². The van der Waals surface area contributed by atoms with E-state index in [0.717, 1.165) is 24.8 Å². The van der Waals surface area contributed by atoms with E-state index >= 15 is 0 Å². The number of nitrogens with zero attached hydrogens (tertiary/aromatic N) is 1. The largest absolute Gasteiger partial charge is 0.496 e. The molecule has 3 amide bonds. The van der Waals surface area contributed by atoms with E-state index in [0.29, 0.717) is 18.8 Å². The van der Waals surface area contributed by atoms with E-state index in [-0.39, 0.29) is 35.2 Å². The topological polar surface area (TPSA) is 72.5 Å². The fourth-order valence-electron chi connectivity index (χ4n) is 3.24. The Labute approximate surface area is 142 Å². The first kappa shape index (κ1) is 18.1. The third-order valence-corrected chi connectivity index (χ3v) is 4.82. The van der Waals surface area contributed by atoms with Gasteiger partial charge in [-0.05, 0) is 13.0 Å². The monoisotopic (exact) mass is 333 g/mol. The maximum atomic E-state index is 12.4. The summed E-state index contributed by atoms with van der Waals surface area (Å²) in [5.41, 5.74) is 0.879. The Morgan fingerprint density at radius 1 is 1.33 bits per heavy atom. The molecular formula is C18H25N2O4+. The van der Waals surface area contributed by atoms with Crippen LogP contribution in [-0.4, -0.2) is 42.4 Å². The van der Waals surface area contributed by atoms with Crippen LogP contribution in [0.4, 0.5) is 0 Å². The van der Waals surface area contributed by atoms with Crippen LogP contribution in [0.15, 0.2) is 24.3 Å². The molecule has 0 bridgehead atoms. The Kier molecular flexibility index (Phi) is 6.09. The highest BCUT2D eigenvalue weighted by Crippen LogP contribution is 2.26. The lowest BCUT2D eigenvalue weighted by Gasteiger charge is -2.28. The van der Waals surface area contributed by atoms with Crippen LogP contribution in [0.3, 0.4) is 0 Å². The molecule has 1 aliphatic rings. The van der Waals surface area contributed by atoms with Gasteiger partial charge in [0.15, 0.2) is 0 Å². The lowest BCUT2D eigenvalue weighted by atomic mass is 10.1. The molecule has 0 spiro atoms. The first-order valence-corrected chi connectivity index (χ1v) is 8.29. The van der Waals surface area contributed by atoms with Gasteiger partial charge >= 0.3 is 12.3 Å². The number of hydrogen-bond acceptors (Lipinski definition) is 4. The fourth-order valence-corrected chi connectivity index (χ4v) is 3.24. The molecule has 6 nitrogen and oxygen atoms in total. The fraction of sp³-hybridized carbons (Fsp3) is 0.500. The molecule has 1 aromatic carbocycles. The molecule has 24 heavy (non-hydrogen) atoms. The minimum Gasteiger partial charge on any atom is -0.496 e. The van der Waals surface area contributed by atoms with E-state index in [1.165, 1.54) is 0 Å². The lowest BCUT2D eigenvalue weighted by Crippen LogP contribution is -2.54. The molecule has 2 rings (SSSR count). The van der Waals surface area contributed by atoms with Crippen LogP contribution in [-0.2, 0) is 20.9 Å². The molecule has 0 aliphatic carbocycles. The maximum absolute atomic E-state index is 12.4. The van der Waals surface area contributed by atoms with Crippen molar-refractivity contribution < 1.29 is 23.6 Å². The van der Waals surface area contributed by atoms with E-state index in [1.807, 2.05) is 31.2 Å². The Morgan fingerprint density at radius 2 is 2.08 bits per heavy atom. The summed E-state index contributed by atoms with van der Waals surface area (Å²) in [4.78, 5) is 35.9. The second kappa shape index (κ2) is 8.06. The standard InChI is InChI=1S/C18H24N2O4/c1-14-6-5-11-20(14,13-21)18(23)10-9-17(22)19-12-15-7-3-4-8-16(15)24-2/h3-4,7-8,13-14H,5-6,9-12H2,1-2H3/p+1/t14-,20?/m1/s1. The first-order chi connectivity index (χ1) is 11.5. The zero-order valence-corrected chi connectivity index (χ0v) is 14.3. The first-order valence-electron chi connectivity index (χ1n) is 8.29. The zero-order valence-electron chi connectivity index (χ0n) is 14.3. The number of hydrogen-bond donors (Lipinski definition) is 1. The molecule has 1 saturated heterocycles. The third kappa shape index (κ3) is 3.82. The Morgan fingerprint density at radius 3 is 2.71 bits per heavy atom. The van der Waals surface area contributed by atoms with Crippen LogP contribution in [0, 0.1) is 0 Å². The van der Waals surface area contributed by atoms with Gasteiger partial charge in [0, 0.05) is 31.4 Å². The van der Waals surface area contributed by atoms with Gasteiger partial charge in [0.2, 0.25) is 5.91 Å². The van der Waals surface area contributed by atoms with Gasteiger partial charge in [0.1, 0.15) is 11.8 Å². The summed E-state index contributed by atoms with van der Waals surface area (Å²) in [5, 5.41) is 2.79. The zero-order chi connectivity index (χ0) is 17.6. The minimum atomic E-state index is -0.204. The van der Waals surface area contributed by atoms with E-state index in [4.69, 9.17) is 4.74 Å². The predicted octanol–water partition coefficient (Wildman–Crippen LogP) is 1.77. The number of likely N-dealkylation sites (tertiary alicyclic amines) is 1. The van der Waals surface area contributed by atoms with Gasteiger partial charge in [-0.3, -0.25) is 4.79 Å². The Bertz CT molecular complexity index is 617. The summed E-state index contributed by atoms with van der Waals surface area (Å²) in [6.45, 7) is 2.81. The van der Waals surface area contributed by atoms with Crippen molar-refractivity contribution in [2.75, 3.05) is 13.7 Å². The van der Waals surface area contributed by atoms with Gasteiger partial charge in [0.25, 0.3) is 0 Å². The highest BCUT2D eigenvalue weighted by molar-refractivity contribution is 5.83. The molecule has 6 heteroatoms. The second-order valence-electron chi connectivity index (χ2n) is 6.23. The number of imide groups is 1. The molecule has 1 N–H and O–H groups in total. The van der Waals surface area contributed by atoms with Crippen LogP contribution in [0.1, 0.15) is 38.2 Å². The van der Waals surface area contributed by atoms with Gasteiger partial charge in [-0.2, -0.15) is 4.48 Å². The van der Waals surface area contributed by atoms with Gasteiger partial charge in [-0.25, -0.2) is 9.59 Å². The number of methoxy groups -OCH3 is 1. The van der Waals surface area contributed by atoms with Gasteiger partial charge < -0.3 is 10.1 Å². The summed E-state index contributed by atoms with van der Waals surface area (Å²) in [7, 11) is 1.58. The summed E-state index contributed by atoms with van der Waals surface area (Å²) in [6.07, 6.45) is 2.65. The molecule has 1 heterocycles. The molecule has 0 radical (unpaired) electrons. The van der Waals surface area contributed by atoms with Crippen molar-refractivity contribution in [1.29, 1.82) is 0 Å². The Balaban J connectivity index is 1.85. The van der Waals surface area contributed by atoms with Crippen molar-refractivity contribution in [1.82, 2.24) is 5.32 Å². The lowest BCUT2D eigenvalue weighted by molar-refractivity contribution is -0.780. The average molecular weight is 333 g/mol. The van der Waals surface area contributed by atoms with Crippen LogP contribution in [0.2, 0.25) is 0 Å². The molecule has 1 fully saturated rings. The highest BCUT2D eigenvalue weighted by atomic mass is 16.5. The minimum absolute atomic E-state index is 0.00615. The molecule has 130 valence electrons. The molecule has 1 unspecified atom stereocenters. The summed E-state index contributed by atoms with van der Waals surface area (Å²) < 4.78 is 5.10. The van der Waals surface area contributed by atoms with E-state index in [2.05, 4.69) is 5.32 Å². The van der Waals surface area contributed by atoms with Crippen molar-refractivity contribution in [3.05, 3.63) is 29.8 Å². The molecule has 1 aliphatic heterocycles. The van der Waals surface area contributed by atoms with Crippen molar-refractivity contribution in [2.24, 2.45) is 0 Å². The van der Waals surface area contributed by atoms with Crippen LogP contribution in [0.25, 0.3) is 0 Å². The quantitative estimate of drug-likeness (QED) is 0.610. The van der Waals surface area contributed by atoms with Crippen molar-refractivity contribution in [3.63, 3.8) is 0 Å². The van der Waals surface area contributed by atoms with E-state index < -0.39 is 0 Å². The summed E-state index contributed by atoms with van der Waals surface area (Å²) in [5.74, 6) is 0.345. The molecule has 0 aromatic heterocycles. The normalized spacial score (nSPS) is 22.8. The van der Waals surface area contributed by atoms with Gasteiger partial charge in [-0.1, -0.05) is 18.2 Å². The molecule has 1 aromatic rings. The number of rotatable bonds is 7. The average Bonchev–Trinajstić information content (AvgIpc) is 2.99. The number of amides is 3. The number of benzene rings is 1. The SMILES string of the molecule is COc1ccccc1CNC(=O)CCC(=O)[N+]1(C=O)CCC[C@H]1C. The van der Waals surface area contributed by atoms with Crippen LogP contribution < -0.4 is 10.1 Å². The summed E-state index contributed by atoms with van der Waals surface area (Å²) >= 11 is 0. The molecular weight excluding hydrogens is 308 g/mol.